The van der Waals surface area contributed by atoms with Crippen molar-refractivity contribution in [3.8, 4) is 0 Å². The zero-order valence-electron chi connectivity index (χ0n) is 15.8. The zero-order chi connectivity index (χ0) is 18.8. The van der Waals surface area contributed by atoms with Gasteiger partial charge in [0, 0.05) is 33.6 Å². The number of aliphatic imine (C=N–C) groups is 1. The first-order valence-corrected chi connectivity index (χ1v) is 8.90. The summed E-state index contributed by atoms with van der Waals surface area (Å²) in [6, 6.07) is 20.3. The maximum Gasteiger partial charge on any atom is 0.224 e. The van der Waals surface area contributed by atoms with Gasteiger partial charge in [0.15, 0.2) is 5.96 Å². The Morgan fingerprint density at radius 1 is 1.08 bits per heavy atom. The van der Waals surface area contributed by atoms with Crippen LogP contribution >= 0.6 is 0 Å². The van der Waals surface area contributed by atoms with E-state index in [0.717, 1.165) is 5.56 Å². The van der Waals surface area contributed by atoms with Gasteiger partial charge in [-0.2, -0.15) is 0 Å². The number of nitrogens with zero attached hydrogens (tertiary/aromatic N) is 2. The minimum atomic E-state index is 0.105. The van der Waals surface area contributed by atoms with Crippen molar-refractivity contribution in [1.29, 1.82) is 0 Å². The van der Waals surface area contributed by atoms with Gasteiger partial charge < -0.3 is 15.5 Å². The van der Waals surface area contributed by atoms with E-state index in [1.54, 1.807) is 11.9 Å². The van der Waals surface area contributed by atoms with Crippen molar-refractivity contribution >= 4 is 11.9 Å². The van der Waals surface area contributed by atoms with Crippen LogP contribution in [0.25, 0.3) is 0 Å². The molecule has 0 saturated heterocycles. The summed E-state index contributed by atoms with van der Waals surface area (Å²) in [7, 11) is 3.57. The smallest absolute Gasteiger partial charge is 0.224 e. The van der Waals surface area contributed by atoms with E-state index in [2.05, 4.69) is 34.7 Å². The predicted molar refractivity (Wildman–Crippen MR) is 107 cm³/mol. The quantitative estimate of drug-likeness (QED) is 0.595. The number of amides is 1. The second kappa shape index (κ2) is 10.2. The first-order valence-electron chi connectivity index (χ1n) is 8.90. The fourth-order valence-corrected chi connectivity index (χ4v) is 2.65. The Morgan fingerprint density at radius 3 is 2.31 bits per heavy atom. The number of nitrogens with one attached hydrogen (secondary N) is 2. The summed E-state index contributed by atoms with van der Waals surface area (Å²) in [6.07, 6.45) is 0.420. The molecule has 0 bridgehead atoms. The van der Waals surface area contributed by atoms with Gasteiger partial charge in [-0.15, -0.1) is 0 Å². The minimum absolute atomic E-state index is 0.105. The molecule has 5 nitrogen and oxygen atoms in total. The Hall–Kier alpha value is -2.82. The third kappa shape index (κ3) is 6.24. The van der Waals surface area contributed by atoms with Crippen LogP contribution in [0.2, 0.25) is 0 Å². The molecule has 1 amide bonds. The number of hydrogen-bond donors (Lipinski definition) is 2. The zero-order valence-corrected chi connectivity index (χ0v) is 15.8. The molecule has 2 aromatic carbocycles. The molecule has 2 rings (SSSR count). The van der Waals surface area contributed by atoms with Crippen LogP contribution in [0.5, 0.6) is 0 Å². The minimum Gasteiger partial charge on any atom is -0.356 e. The lowest BCUT2D eigenvalue weighted by Crippen LogP contribution is -2.40. The van der Waals surface area contributed by atoms with E-state index in [4.69, 9.17) is 0 Å². The highest BCUT2D eigenvalue weighted by Crippen LogP contribution is 2.10. The lowest BCUT2D eigenvalue weighted by atomic mass is 10.1. The van der Waals surface area contributed by atoms with Crippen LogP contribution in [0.3, 0.4) is 0 Å². The first kappa shape index (κ1) is 19.5. The van der Waals surface area contributed by atoms with E-state index < -0.39 is 0 Å². The van der Waals surface area contributed by atoms with E-state index in [0.29, 0.717) is 25.5 Å². The molecule has 0 aliphatic rings. The van der Waals surface area contributed by atoms with E-state index in [1.807, 2.05) is 55.6 Å². The van der Waals surface area contributed by atoms with Crippen LogP contribution in [-0.2, 0) is 11.3 Å². The predicted octanol–water partition coefficient (Wildman–Crippen LogP) is 2.96. The van der Waals surface area contributed by atoms with Gasteiger partial charge in [0.2, 0.25) is 5.91 Å². The average Bonchev–Trinajstić information content (AvgIpc) is 2.68. The van der Waals surface area contributed by atoms with Crippen LogP contribution < -0.4 is 10.6 Å². The molecule has 1 unspecified atom stereocenters. The van der Waals surface area contributed by atoms with Crippen LogP contribution in [-0.4, -0.2) is 37.4 Å². The fraction of sp³-hybridized carbons (Fsp3) is 0.333. The molecule has 0 spiro atoms. The highest BCUT2D eigenvalue weighted by atomic mass is 16.2. The Balaban J connectivity index is 1.75. The number of benzene rings is 2. The van der Waals surface area contributed by atoms with Crippen LogP contribution in [0.1, 0.15) is 30.5 Å². The molecule has 138 valence electrons. The number of hydrogen-bond acceptors (Lipinski definition) is 2. The van der Waals surface area contributed by atoms with Crippen molar-refractivity contribution in [2.45, 2.75) is 25.9 Å². The Morgan fingerprint density at radius 2 is 1.69 bits per heavy atom. The maximum atomic E-state index is 12.3. The van der Waals surface area contributed by atoms with E-state index >= 15 is 0 Å². The normalized spacial score (nSPS) is 12.3. The standard InChI is InChI=1S/C21H28N4O/c1-17(19-12-8-5-9-13-19)24-21(22-2)23-15-14-20(26)25(3)16-18-10-6-4-7-11-18/h4-13,17H,14-16H2,1-3H3,(H2,22,23,24). The largest absolute Gasteiger partial charge is 0.356 e. The Kier molecular flexibility index (Phi) is 7.68. The molecule has 0 fully saturated rings. The number of carbonyl (C=O) groups is 1. The van der Waals surface area contributed by atoms with Gasteiger partial charge in [-0.3, -0.25) is 9.79 Å². The van der Waals surface area contributed by atoms with Gasteiger partial charge in [0.05, 0.1) is 6.04 Å². The fourth-order valence-electron chi connectivity index (χ4n) is 2.65. The molecular weight excluding hydrogens is 324 g/mol. The van der Waals surface area contributed by atoms with Gasteiger partial charge in [-0.25, -0.2) is 0 Å². The van der Waals surface area contributed by atoms with Crippen molar-refractivity contribution in [3.63, 3.8) is 0 Å². The third-order valence-electron chi connectivity index (χ3n) is 4.20. The Labute approximate surface area is 156 Å². The number of guanidine groups is 1. The molecule has 2 aromatic rings. The third-order valence-corrected chi connectivity index (χ3v) is 4.20. The summed E-state index contributed by atoms with van der Waals surface area (Å²) in [6.45, 7) is 3.25. The summed E-state index contributed by atoms with van der Waals surface area (Å²) in [5, 5.41) is 6.55. The molecule has 2 N–H and O–H groups in total. The number of rotatable bonds is 7. The SMILES string of the molecule is CN=C(NCCC(=O)N(C)Cc1ccccc1)NC(C)c1ccccc1. The van der Waals surface area contributed by atoms with Crippen molar-refractivity contribution in [2.75, 3.05) is 20.6 Å². The van der Waals surface area contributed by atoms with Gasteiger partial charge >= 0.3 is 0 Å². The molecule has 1 atom stereocenters. The van der Waals surface area contributed by atoms with Crippen molar-refractivity contribution in [1.82, 2.24) is 15.5 Å². The van der Waals surface area contributed by atoms with E-state index in [-0.39, 0.29) is 11.9 Å². The molecule has 0 heterocycles. The average molecular weight is 352 g/mol. The van der Waals surface area contributed by atoms with Crippen LogP contribution in [0, 0.1) is 0 Å². The second-order valence-electron chi connectivity index (χ2n) is 6.26. The second-order valence-corrected chi connectivity index (χ2v) is 6.26. The molecule has 0 aromatic heterocycles. The molecule has 0 radical (unpaired) electrons. The summed E-state index contributed by atoms with van der Waals surface area (Å²) >= 11 is 0. The highest BCUT2D eigenvalue weighted by molar-refractivity contribution is 5.81. The molecule has 26 heavy (non-hydrogen) atoms. The Bertz CT molecular complexity index is 700. The van der Waals surface area contributed by atoms with Gasteiger partial charge in [-0.1, -0.05) is 60.7 Å². The first-order chi connectivity index (χ1) is 12.6. The molecule has 0 aliphatic heterocycles. The molecular formula is C21H28N4O. The van der Waals surface area contributed by atoms with Gasteiger partial charge in [-0.05, 0) is 18.1 Å². The summed E-state index contributed by atoms with van der Waals surface area (Å²) in [5.41, 5.74) is 2.32. The highest BCUT2D eigenvalue weighted by Gasteiger charge is 2.11. The molecule has 0 saturated carbocycles. The van der Waals surface area contributed by atoms with E-state index in [9.17, 15) is 4.79 Å². The van der Waals surface area contributed by atoms with Gasteiger partial charge in [0.1, 0.15) is 0 Å². The molecule has 0 aliphatic carbocycles. The summed E-state index contributed by atoms with van der Waals surface area (Å²) in [5.74, 6) is 0.799. The summed E-state index contributed by atoms with van der Waals surface area (Å²) in [4.78, 5) is 18.3. The van der Waals surface area contributed by atoms with E-state index in [1.165, 1.54) is 5.56 Å². The van der Waals surface area contributed by atoms with Crippen molar-refractivity contribution in [2.24, 2.45) is 4.99 Å². The summed E-state index contributed by atoms with van der Waals surface area (Å²) < 4.78 is 0. The molecule has 5 heteroatoms. The lowest BCUT2D eigenvalue weighted by Gasteiger charge is -2.20. The number of carbonyl (C=O) groups excluding carboxylic acids is 1. The lowest BCUT2D eigenvalue weighted by molar-refractivity contribution is -0.130. The van der Waals surface area contributed by atoms with Crippen LogP contribution in [0.4, 0.5) is 0 Å². The van der Waals surface area contributed by atoms with Crippen LogP contribution in [0.15, 0.2) is 65.7 Å². The van der Waals surface area contributed by atoms with Crippen molar-refractivity contribution < 1.29 is 4.79 Å². The topological polar surface area (TPSA) is 56.7 Å². The van der Waals surface area contributed by atoms with Crippen molar-refractivity contribution in [3.05, 3.63) is 71.8 Å². The maximum absolute atomic E-state index is 12.3. The van der Waals surface area contributed by atoms with Gasteiger partial charge in [0.25, 0.3) is 0 Å². The monoisotopic (exact) mass is 352 g/mol.